The van der Waals surface area contributed by atoms with E-state index in [0.717, 1.165) is 30.5 Å². The Balaban J connectivity index is 1.47. The van der Waals surface area contributed by atoms with E-state index < -0.39 is 39.4 Å². The lowest BCUT2D eigenvalue weighted by atomic mass is 9.91. The molecule has 12 heteroatoms. The molecular weight excluding hydrogens is 473 g/mol. The lowest BCUT2D eigenvalue weighted by Gasteiger charge is -2.20. The number of anilines is 1. The van der Waals surface area contributed by atoms with E-state index >= 15 is 0 Å². The van der Waals surface area contributed by atoms with E-state index in [4.69, 9.17) is 5.73 Å². The molecule has 0 heterocycles. The summed E-state index contributed by atoms with van der Waals surface area (Å²) in [6.07, 6.45) is 2.01. The third-order valence-corrected chi connectivity index (χ3v) is 6.10. The molecule has 2 aromatic carbocycles. The number of rotatable bonds is 9. The molecule has 0 radical (unpaired) electrons. The van der Waals surface area contributed by atoms with Crippen LogP contribution in [0.5, 0.6) is 0 Å². The highest BCUT2D eigenvalue weighted by Gasteiger charge is 2.30. The second-order valence-electron chi connectivity index (χ2n) is 8.15. The van der Waals surface area contributed by atoms with Crippen molar-refractivity contribution in [2.75, 3.05) is 24.1 Å². The van der Waals surface area contributed by atoms with Crippen molar-refractivity contribution in [2.24, 2.45) is 5.73 Å². The van der Waals surface area contributed by atoms with E-state index in [-0.39, 0.29) is 42.6 Å². The Morgan fingerprint density at radius 1 is 1.06 bits per heavy atom. The highest BCUT2D eigenvalue weighted by atomic mass is 32.2. The third kappa shape index (κ3) is 6.48. The van der Waals surface area contributed by atoms with E-state index in [9.17, 15) is 31.2 Å². The fraction of sp³-hybridized carbons (Fsp3) is 0.364. The topological polar surface area (TPSA) is 130 Å². The van der Waals surface area contributed by atoms with Crippen LogP contribution in [-0.2, 0) is 21.2 Å². The van der Waals surface area contributed by atoms with Crippen molar-refractivity contribution in [2.45, 2.75) is 31.2 Å². The van der Waals surface area contributed by atoms with Gasteiger partial charge in [0.2, 0.25) is 15.9 Å². The molecule has 0 aliphatic heterocycles. The number of nitrogens with one attached hydrogen (secondary N) is 3. The van der Waals surface area contributed by atoms with Crippen molar-refractivity contribution in [3.8, 4) is 0 Å². The van der Waals surface area contributed by atoms with Gasteiger partial charge in [0.05, 0.1) is 11.8 Å². The van der Waals surface area contributed by atoms with Crippen LogP contribution < -0.4 is 21.1 Å². The Labute approximate surface area is 195 Å². The number of carbonyl (C=O) groups is 2. The average molecular weight is 499 g/mol. The number of fused-ring (bicyclic) bond motifs is 1. The smallest absolute Gasteiger partial charge is 0.254 e. The van der Waals surface area contributed by atoms with E-state index in [0.29, 0.717) is 24.0 Å². The summed E-state index contributed by atoms with van der Waals surface area (Å²) in [6.45, 7) is 0.0288. The summed E-state index contributed by atoms with van der Waals surface area (Å²) in [5.74, 6) is -4.13. The van der Waals surface area contributed by atoms with Gasteiger partial charge in [-0.3, -0.25) is 14.3 Å². The summed E-state index contributed by atoms with van der Waals surface area (Å²) in [7, 11) is -3.60. The second kappa shape index (κ2) is 10.4. The molecule has 0 spiro atoms. The van der Waals surface area contributed by atoms with Crippen molar-refractivity contribution < 1.29 is 31.2 Å². The van der Waals surface area contributed by atoms with Crippen LogP contribution in [0.2, 0.25) is 0 Å². The van der Waals surface area contributed by atoms with Crippen LogP contribution in [0.3, 0.4) is 0 Å². The molecule has 1 aliphatic carbocycles. The molecule has 2 unspecified atom stereocenters. The van der Waals surface area contributed by atoms with Gasteiger partial charge in [-0.15, -0.1) is 0 Å². The number of benzene rings is 2. The van der Waals surface area contributed by atoms with Gasteiger partial charge in [0.25, 0.3) is 5.91 Å². The summed E-state index contributed by atoms with van der Waals surface area (Å²) < 4.78 is 65.7. The first kappa shape index (κ1) is 25.5. The standard InChI is InChI=1S/C22H25F3N4O4S/c1-34(32,33)29-13-3-5-17(23)16(9-13)22(31)28-7-6-27-21(30)11-20(26)14-4-2-12-8-18(24)19(25)10-15(12)14/h3,5,8-10,14,20,29H,2,4,6-7,11,26H2,1H3,(H,27,30)(H,28,31). The largest absolute Gasteiger partial charge is 0.354 e. The Kier molecular flexibility index (Phi) is 7.82. The minimum absolute atomic E-state index is 0.0142. The molecule has 0 bridgehead atoms. The maximum Gasteiger partial charge on any atom is 0.254 e. The summed E-state index contributed by atoms with van der Waals surface area (Å²) >= 11 is 0. The predicted octanol–water partition coefficient (Wildman–Crippen LogP) is 1.77. The van der Waals surface area contributed by atoms with E-state index in [2.05, 4.69) is 15.4 Å². The molecule has 0 aromatic heterocycles. The van der Waals surface area contributed by atoms with Crippen LogP contribution >= 0.6 is 0 Å². The van der Waals surface area contributed by atoms with Crippen LogP contribution in [0.15, 0.2) is 30.3 Å². The zero-order valence-electron chi connectivity index (χ0n) is 18.3. The summed E-state index contributed by atoms with van der Waals surface area (Å²) in [5, 5.41) is 5.03. The maximum atomic E-state index is 14.0. The molecule has 184 valence electrons. The van der Waals surface area contributed by atoms with Gasteiger partial charge in [-0.05, 0) is 54.3 Å². The normalized spacial score (nSPS) is 16.0. The Bertz CT molecular complexity index is 1210. The third-order valence-electron chi connectivity index (χ3n) is 5.49. The molecule has 34 heavy (non-hydrogen) atoms. The number of amides is 2. The number of hydrogen-bond donors (Lipinski definition) is 4. The van der Waals surface area contributed by atoms with Gasteiger partial charge >= 0.3 is 0 Å². The van der Waals surface area contributed by atoms with Gasteiger partial charge in [-0.1, -0.05) is 0 Å². The SMILES string of the molecule is CS(=O)(=O)Nc1ccc(F)c(C(=O)NCCNC(=O)CC(N)C2CCc3cc(F)c(F)cc32)c1. The van der Waals surface area contributed by atoms with Crippen LogP contribution in [-0.4, -0.2) is 45.6 Å². The number of aryl methyl sites for hydroxylation is 1. The monoisotopic (exact) mass is 498 g/mol. The number of halogens is 3. The van der Waals surface area contributed by atoms with Gasteiger partial charge in [0.1, 0.15) is 5.82 Å². The van der Waals surface area contributed by atoms with Crippen molar-refractivity contribution in [3.05, 3.63) is 64.5 Å². The number of nitrogens with two attached hydrogens (primary N) is 1. The second-order valence-corrected chi connectivity index (χ2v) is 9.90. The van der Waals surface area contributed by atoms with Crippen LogP contribution in [0, 0.1) is 17.5 Å². The molecular formula is C22H25F3N4O4S. The lowest BCUT2D eigenvalue weighted by Crippen LogP contribution is -2.39. The Morgan fingerprint density at radius 2 is 1.74 bits per heavy atom. The molecule has 2 atom stereocenters. The van der Waals surface area contributed by atoms with E-state index in [1.54, 1.807) is 0 Å². The van der Waals surface area contributed by atoms with Gasteiger partial charge in [0, 0.05) is 37.2 Å². The molecule has 0 saturated carbocycles. The van der Waals surface area contributed by atoms with Crippen molar-refractivity contribution in [3.63, 3.8) is 0 Å². The fourth-order valence-corrected chi connectivity index (χ4v) is 4.51. The average Bonchev–Trinajstić information content (AvgIpc) is 3.14. The first-order valence-corrected chi connectivity index (χ1v) is 12.4. The molecule has 1 aliphatic rings. The minimum atomic E-state index is -3.60. The molecule has 8 nitrogen and oxygen atoms in total. The molecule has 0 fully saturated rings. The summed E-state index contributed by atoms with van der Waals surface area (Å²) in [5.41, 5.74) is 7.13. The van der Waals surface area contributed by atoms with E-state index in [1.807, 2.05) is 0 Å². The summed E-state index contributed by atoms with van der Waals surface area (Å²) in [6, 6.07) is 4.92. The van der Waals surface area contributed by atoms with E-state index in [1.165, 1.54) is 6.07 Å². The highest BCUT2D eigenvalue weighted by Crippen LogP contribution is 2.36. The quantitative estimate of drug-likeness (QED) is 0.392. The number of carbonyl (C=O) groups excluding carboxylic acids is 2. The highest BCUT2D eigenvalue weighted by molar-refractivity contribution is 7.92. The first-order chi connectivity index (χ1) is 15.9. The molecule has 2 aromatic rings. The van der Waals surface area contributed by atoms with Crippen LogP contribution in [0.4, 0.5) is 18.9 Å². The Hall–Kier alpha value is -3.12. The molecule has 3 rings (SSSR count). The Morgan fingerprint density at radius 3 is 2.44 bits per heavy atom. The van der Waals surface area contributed by atoms with Crippen molar-refractivity contribution >= 4 is 27.5 Å². The number of hydrogen-bond acceptors (Lipinski definition) is 5. The van der Waals surface area contributed by atoms with Gasteiger partial charge in [-0.25, -0.2) is 21.6 Å². The van der Waals surface area contributed by atoms with Gasteiger partial charge < -0.3 is 16.4 Å². The number of sulfonamides is 1. The fourth-order valence-electron chi connectivity index (χ4n) is 3.95. The van der Waals surface area contributed by atoms with Gasteiger partial charge in [-0.2, -0.15) is 0 Å². The lowest BCUT2D eigenvalue weighted by molar-refractivity contribution is -0.121. The zero-order valence-corrected chi connectivity index (χ0v) is 19.1. The molecule has 5 N–H and O–H groups in total. The first-order valence-electron chi connectivity index (χ1n) is 10.5. The minimum Gasteiger partial charge on any atom is -0.354 e. The van der Waals surface area contributed by atoms with Crippen LogP contribution in [0.1, 0.15) is 40.2 Å². The molecule has 0 saturated heterocycles. The van der Waals surface area contributed by atoms with Gasteiger partial charge in [0.15, 0.2) is 11.6 Å². The van der Waals surface area contributed by atoms with Crippen molar-refractivity contribution in [1.82, 2.24) is 10.6 Å². The zero-order chi connectivity index (χ0) is 25.0. The predicted molar refractivity (Wildman–Crippen MR) is 120 cm³/mol. The molecule has 2 amide bonds. The van der Waals surface area contributed by atoms with Crippen molar-refractivity contribution in [1.29, 1.82) is 0 Å². The van der Waals surface area contributed by atoms with Crippen LogP contribution in [0.25, 0.3) is 0 Å². The summed E-state index contributed by atoms with van der Waals surface area (Å²) in [4.78, 5) is 24.5. The maximum absolute atomic E-state index is 14.0.